The lowest BCUT2D eigenvalue weighted by Gasteiger charge is -2.06. The van der Waals surface area contributed by atoms with E-state index in [0.717, 1.165) is 5.56 Å². The first-order valence-electron chi connectivity index (χ1n) is 7.80. The topological polar surface area (TPSA) is 87.3 Å². The van der Waals surface area contributed by atoms with Crippen LogP contribution in [-0.4, -0.2) is 17.7 Å². The van der Waals surface area contributed by atoms with Gasteiger partial charge in [0, 0.05) is 24.6 Å². The first-order chi connectivity index (χ1) is 12.1. The maximum absolute atomic E-state index is 11.7. The molecule has 6 nitrogen and oxygen atoms in total. The summed E-state index contributed by atoms with van der Waals surface area (Å²) in [5, 5.41) is 2.68. The van der Waals surface area contributed by atoms with Gasteiger partial charge in [-0.05, 0) is 23.8 Å². The molecule has 2 aromatic rings. The Bertz CT molecular complexity index is 743. The molecule has 0 atom stereocenters. The number of para-hydroxylation sites is 1. The largest absolute Gasteiger partial charge is 0.326 e. The van der Waals surface area contributed by atoms with Gasteiger partial charge in [0.15, 0.2) is 0 Å². The van der Waals surface area contributed by atoms with E-state index >= 15 is 0 Å². The van der Waals surface area contributed by atoms with Gasteiger partial charge in [-0.3, -0.25) is 25.2 Å². The quantitative estimate of drug-likeness (QED) is 0.558. The molecule has 2 aromatic carbocycles. The average Bonchev–Trinajstić information content (AvgIpc) is 2.64. The molecule has 0 aliphatic carbocycles. The fourth-order valence-corrected chi connectivity index (χ4v) is 1.94. The van der Waals surface area contributed by atoms with Crippen LogP contribution in [0, 0.1) is 0 Å². The number of amides is 3. The van der Waals surface area contributed by atoms with Crippen molar-refractivity contribution in [2.24, 2.45) is 0 Å². The Hall–Kier alpha value is -3.41. The Labute approximate surface area is 145 Å². The van der Waals surface area contributed by atoms with Crippen LogP contribution in [0.2, 0.25) is 0 Å². The van der Waals surface area contributed by atoms with Gasteiger partial charge >= 0.3 is 0 Å². The minimum Gasteiger partial charge on any atom is -0.326 e. The Morgan fingerprint density at radius 3 is 2.04 bits per heavy atom. The van der Waals surface area contributed by atoms with Crippen LogP contribution in [0.1, 0.15) is 18.4 Å². The molecule has 0 fully saturated rings. The van der Waals surface area contributed by atoms with Crippen molar-refractivity contribution in [3.63, 3.8) is 0 Å². The highest BCUT2D eigenvalue weighted by Crippen LogP contribution is 2.06. The highest BCUT2D eigenvalue weighted by molar-refractivity contribution is 5.95. The van der Waals surface area contributed by atoms with Crippen LogP contribution >= 0.6 is 0 Å². The second kappa shape index (κ2) is 9.67. The van der Waals surface area contributed by atoms with Gasteiger partial charge in [0.2, 0.25) is 11.8 Å². The van der Waals surface area contributed by atoms with Gasteiger partial charge < -0.3 is 5.32 Å². The van der Waals surface area contributed by atoms with Crippen LogP contribution in [-0.2, 0) is 14.4 Å². The van der Waals surface area contributed by atoms with Gasteiger partial charge in [-0.2, -0.15) is 0 Å². The highest BCUT2D eigenvalue weighted by atomic mass is 16.2. The predicted octanol–water partition coefficient (Wildman–Crippen LogP) is 2.27. The third-order valence-corrected chi connectivity index (χ3v) is 3.19. The smallest absolute Gasteiger partial charge is 0.262 e. The summed E-state index contributed by atoms with van der Waals surface area (Å²) in [4.78, 5) is 35.0. The van der Waals surface area contributed by atoms with Gasteiger partial charge in [0.05, 0.1) is 0 Å². The molecule has 2 rings (SSSR count). The molecule has 6 heteroatoms. The summed E-state index contributed by atoms with van der Waals surface area (Å²) >= 11 is 0. The van der Waals surface area contributed by atoms with E-state index < -0.39 is 11.8 Å². The van der Waals surface area contributed by atoms with Gasteiger partial charge in [-0.15, -0.1) is 0 Å². The van der Waals surface area contributed by atoms with Crippen LogP contribution in [0.3, 0.4) is 0 Å². The normalized spacial score (nSPS) is 10.2. The number of hydrogen-bond acceptors (Lipinski definition) is 3. The molecule has 0 radical (unpaired) electrons. The maximum Gasteiger partial charge on any atom is 0.262 e. The lowest BCUT2D eigenvalue weighted by atomic mass is 10.2. The number of rotatable bonds is 6. The minimum atomic E-state index is -0.453. The Morgan fingerprint density at radius 1 is 0.760 bits per heavy atom. The second-order valence-corrected chi connectivity index (χ2v) is 5.20. The minimum absolute atomic E-state index is 0.0243. The zero-order valence-corrected chi connectivity index (χ0v) is 13.6. The van der Waals surface area contributed by atoms with Gasteiger partial charge in [-0.25, -0.2) is 0 Å². The summed E-state index contributed by atoms with van der Waals surface area (Å²) in [6, 6.07) is 18.3. The molecule has 0 saturated heterocycles. The molecule has 0 heterocycles. The number of carbonyl (C=O) groups is 3. The summed E-state index contributed by atoms with van der Waals surface area (Å²) in [7, 11) is 0. The number of carbonyl (C=O) groups excluding carboxylic acids is 3. The Morgan fingerprint density at radius 2 is 1.36 bits per heavy atom. The third kappa shape index (κ3) is 7.13. The average molecular weight is 337 g/mol. The van der Waals surface area contributed by atoms with Crippen molar-refractivity contribution in [3.8, 4) is 0 Å². The second-order valence-electron chi connectivity index (χ2n) is 5.20. The van der Waals surface area contributed by atoms with E-state index in [9.17, 15) is 14.4 Å². The summed E-state index contributed by atoms with van der Waals surface area (Å²) in [6.07, 6.45) is 2.95. The van der Waals surface area contributed by atoms with Crippen molar-refractivity contribution in [1.82, 2.24) is 10.9 Å². The summed E-state index contributed by atoms with van der Waals surface area (Å²) in [5.74, 6) is -1.16. The number of anilines is 1. The molecule has 0 unspecified atom stereocenters. The Kier molecular flexibility index (Phi) is 6.94. The number of nitrogens with one attached hydrogen (secondary N) is 3. The van der Waals surface area contributed by atoms with E-state index in [0.29, 0.717) is 5.69 Å². The van der Waals surface area contributed by atoms with Crippen molar-refractivity contribution in [3.05, 3.63) is 72.3 Å². The number of hydrazine groups is 1. The van der Waals surface area contributed by atoms with E-state index in [1.54, 1.807) is 30.3 Å². The molecule has 0 saturated carbocycles. The van der Waals surface area contributed by atoms with Crippen molar-refractivity contribution < 1.29 is 14.4 Å². The molecule has 0 spiro atoms. The molecule has 25 heavy (non-hydrogen) atoms. The third-order valence-electron chi connectivity index (χ3n) is 3.19. The van der Waals surface area contributed by atoms with Gasteiger partial charge in [-0.1, -0.05) is 48.5 Å². The summed E-state index contributed by atoms with van der Waals surface area (Å²) < 4.78 is 0. The molecule has 128 valence electrons. The van der Waals surface area contributed by atoms with Crippen molar-refractivity contribution >= 4 is 29.5 Å². The van der Waals surface area contributed by atoms with Gasteiger partial charge in [0.25, 0.3) is 5.91 Å². The monoisotopic (exact) mass is 337 g/mol. The van der Waals surface area contributed by atoms with E-state index in [1.165, 1.54) is 6.08 Å². The lowest BCUT2D eigenvalue weighted by molar-refractivity contribution is -0.128. The number of benzene rings is 2. The molecule has 3 N–H and O–H groups in total. The van der Waals surface area contributed by atoms with E-state index in [4.69, 9.17) is 0 Å². The first kappa shape index (κ1) is 17.9. The van der Waals surface area contributed by atoms with E-state index in [2.05, 4.69) is 16.2 Å². The van der Waals surface area contributed by atoms with Crippen LogP contribution < -0.4 is 16.2 Å². The Balaban J connectivity index is 1.65. The molecule has 0 aliphatic rings. The van der Waals surface area contributed by atoms with Crippen LogP contribution in [0.5, 0.6) is 0 Å². The van der Waals surface area contributed by atoms with Crippen molar-refractivity contribution in [1.29, 1.82) is 0 Å². The standard InChI is InChI=1S/C19H19N3O3/c23-17(20-16-9-5-2-6-10-16)13-14-19(25)22-21-18(24)12-11-15-7-3-1-4-8-15/h1-12H,13-14H2,(H,20,23)(H,21,24)(H,22,25). The van der Waals surface area contributed by atoms with E-state index in [-0.39, 0.29) is 18.7 Å². The van der Waals surface area contributed by atoms with Crippen LogP contribution in [0.15, 0.2) is 66.7 Å². The maximum atomic E-state index is 11.7. The molecular formula is C19H19N3O3. The molecule has 0 aliphatic heterocycles. The van der Waals surface area contributed by atoms with E-state index in [1.807, 2.05) is 36.4 Å². The van der Waals surface area contributed by atoms with Crippen LogP contribution in [0.25, 0.3) is 6.08 Å². The molecule has 0 aromatic heterocycles. The highest BCUT2D eigenvalue weighted by Gasteiger charge is 2.07. The van der Waals surface area contributed by atoms with Crippen molar-refractivity contribution in [2.45, 2.75) is 12.8 Å². The SMILES string of the molecule is O=C(C=Cc1ccccc1)NNC(=O)CCC(=O)Nc1ccccc1. The van der Waals surface area contributed by atoms with Crippen molar-refractivity contribution in [2.75, 3.05) is 5.32 Å². The molecular weight excluding hydrogens is 318 g/mol. The summed E-state index contributed by atoms with van der Waals surface area (Å²) in [5.41, 5.74) is 6.09. The van der Waals surface area contributed by atoms with Gasteiger partial charge in [0.1, 0.15) is 0 Å². The number of hydrogen-bond donors (Lipinski definition) is 3. The first-order valence-corrected chi connectivity index (χ1v) is 7.80. The lowest BCUT2D eigenvalue weighted by Crippen LogP contribution is -2.41. The predicted molar refractivity (Wildman–Crippen MR) is 96.1 cm³/mol. The molecule has 3 amide bonds. The molecule has 0 bridgehead atoms. The fraction of sp³-hybridized carbons (Fsp3) is 0.105. The zero-order valence-electron chi connectivity index (χ0n) is 13.6. The zero-order chi connectivity index (χ0) is 17.9. The summed E-state index contributed by atoms with van der Waals surface area (Å²) in [6.45, 7) is 0. The van der Waals surface area contributed by atoms with Crippen LogP contribution in [0.4, 0.5) is 5.69 Å². The fourth-order valence-electron chi connectivity index (χ4n) is 1.94.